The molecular weight excluding hydrogens is 389 g/mol. The summed E-state index contributed by atoms with van der Waals surface area (Å²) in [5.41, 5.74) is 0.748. The molecule has 1 aromatic rings. The first-order chi connectivity index (χ1) is 13.7. The van der Waals surface area contributed by atoms with E-state index in [1.165, 1.54) is 12.1 Å². The van der Waals surface area contributed by atoms with Crippen molar-refractivity contribution in [1.82, 2.24) is 5.32 Å². The zero-order valence-corrected chi connectivity index (χ0v) is 16.4. The van der Waals surface area contributed by atoms with Crippen LogP contribution >= 0.6 is 0 Å². The Morgan fingerprint density at radius 3 is 2.41 bits per heavy atom. The first kappa shape index (κ1) is 22.7. The van der Waals surface area contributed by atoms with E-state index in [2.05, 4.69) is 22.0 Å². The van der Waals surface area contributed by atoms with E-state index < -0.39 is 30.3 Å². The highest BCUT2D eigenvalue weighted by Gasteiger charge is 2.38. The molecule has 0 spiro atoms. The van der Waals surface area contributed by atoms with Crippen molar-refractivity contribution in [2.75, 3.05) is 6.61 Å². The molecule has 160 valence electrons. The lowest BCUT2D eigenvalue weighted by Crippen LogP contribution is -2.44. The van der Waals surface area contributed by atoms with Gasteiger partial charge in [-0.15, -0.1) is 13.2 Å². The van der Waals surface area contributed by atoms with Crippen LogP contribution in [0.1, 0.15) is 57.6 Å². The van der Waals surface area contributed by atoms with Crippen LogP contribution in [0.3, 0.4) is 0 Å². The highest BCUT2D eigenvalue weighted by Crippen LogP contribution is 2.30. The molecule has 2 rings (SSSR count). The molecule has 1 aliphatic heterocycles. The summed E-state index contributed by atoms with van der Waals surface area (Å²) in [6.45, 7) is 3.94. The maximum Gasteiger partial charge on any atom is 0.573 e. The Morgan fingerprint density at radius 2 is 1.79 bits per heavy atom. The normalized spacial score (nSPS) is 19.3. The summed E-state index contributed by atoms with van der Waals surface area (Å²) in [4.78, 5) is 28.2. The quantitative estimate of drug-likeness (QED) is 0.459. The number of urea groups is 1. The molecule has 0 radical (unpaired) electrons. The largest absolute Gasteiger partial charge is 0.573 e. The molecule has 0 fully saturated rings. The van der Waals surface area contributed by atoms with Gasteiger partial charge in [0.25, 0.3) is 0 Å². The van der Waals surface area contributed by atoms with Crippen LogP contribution in [-0.2, 0) is 9.53 Å². The fourth-order valence-electron chi connectivity index (χ4n) is 3.15. The number of benzene rings is 1. The van der Waals surface area contributed by atoms with Crippen molar-refractivity contribution in [3.8, 4) is 5.75 Å². The second-order valence-electron chi connectivity index (χ2n) is 6.86. The second-order valence-corrected chi connectivity index (χ2v) is 6.86. The topological polar surface area (TPSA) is 77.0 Å². The summed E-state index contributed by atoms with van der Waals surface area (Å²) in [6, 6.07) is 3.60. The third-order valence-electron chi connectivity index (χ3n) is 4.56. The van der Waals surface area contributed by atoms with Gasteiger partial charge >= 0.3 is 18.4 Å². The van der Waals surface area contributed by atoms with E-state index in [9.17, 15) is 22.8 Å². The third-order valence-corrected chi connectivity index (χ3v) is 4.56. The van der Waals surface area contributed by atoms with Crippen LogP contribution < -0.4 is 10.1 Å². The van der Waals surface area contributed by atoms with Gasteiger partial charge in [0.2, 0.25) is 0 Å². The Kier molecular flexibility index (Phi) is 8.04. The molecule has 0 bridgehead atoms. The lowest BCUT2D eigenvalue weighted by atomic mass is 9.88. The van der Waals surface area contributed by atoms with Crippen molar-refractivity contribution in [3.63, 3.8) is 0 Å². The monoisotopic (exact) mass is 414 g/mol. The van der Waals surface area contributed by atoms with Crippen LogP contribution in [0.15, 0.2) is 29.3 Å². The second kappa shape index (κ2) is 10.3. The summed E-state index contributed by atoms with van der Waals surface area (Å²) < 4.78 is 46.2. The molecule has 2 unspecified atom stereocenters. The van der Waals surface area contributed by atoms with Gasteiger partial charge in [0.15, 0.2) is 0 Å². The minimum absolute atomic E-state index is 0.269. The van der Waals surface area contributed by atoms with E-state index in [-0.39, 0.29) is 12.4 Å². The maximum atomic E-state index is 12.6. The third kappa shape index (κ3) is 7.07. The van der Waals surface area contributed by atoms with Gasteiger partial charge in [-0.3, -0.25) is 4.79 Å². The summed E-state index contributed by atoms with van der Waals surface area (Å²) in [7, 11) is 0. The molecule has 29 heavy (non-hydrogen) atoms. The Labute approximate surface area is 167 Å². The van der Waals surface area contributed by atoms with Crippen LogP contribution in [0.2, 0.25) is 0 Å². The summed E-state index contributed by atoms with van der Waals surface area (Å²) in [5, 5.41) is 2.59. The predicted octanol–water partition coefficient (Wildman–Crippen LogP) is 4.94. The van der Waals surface area contributed by atoms with Crippen molar-refractivity contribution in [2.45, 2.75) is 58.4 Å². The van der Waals surface area contributed by atoms with Crippen LogP contribution in [0.5, 0.6) is 5.75 Å². The fourth-order valence-corrected chi connectivity index (χ4v) is 3.15. The number of amides is 2. The van der Waals surface area contributed by atoms with Crippen molar-refractivity contribution in [3.05, 3.63) is 29.8 Å². The number of hydrogen-bond donors (Lipinski definition) is 1. The summed E-state index contributed by atoms with van der Waals surface area (Å²) >= 11 is 0. The first-order valence-electron chi connectivity index (χ1n) is 9.59. The maximum absolute atomic E-state index is 12.6. The van der Waals surface area contributed by atoms with Gasteiger partial charge in [0.05, 0.1) is 12.6 Å². The molecule has 2 atom stereocenters. The van der Waals surface area contributed by atoms with Crippen molar-refractivity contribution in [2.24, 2.45) is 10.9 Å². The van der Waals surface area contributed by atoms with Gasteiger partial charge in [-0.1, -0.05) is 44.7 Å². The predicted molar refractivity (Wildman–Crippen MR) is 101 cm³/mol. The summed E-state index contributed by atoms with van der Waals surface area (Å²) in [5.74, 6) is -1.76. The van der Waals surface area contributed by atoms with E-state index >= 15 is 0 Å². The molecule has 6 nitrogen and oxygen atoms in total. The number of aliphatic imine (C=N–C) groups is 1. The standard InChI is InChI=1S/C20H25F3N2O4/c1-3-4-5-6-7-12-28-18(26)16-13(2)24-19(27)25-17(16)14-8-10-15(11-9-14)29-20(21,22)23/h8-11,16-17H,3-7,12H2,1-2H3,(H,25,27). The van der Waals surface area contributed by atoms with Gasteiger partial charge < -0.3 is 14.8 Å². The van der Waals surface area contributed by atoms with E-state index in [4.69, 9.17) is 4.74 Å². The number of nitrogens with zero attached hydrogens (tertiary/aromatic N) is 1. The fraction of sp³-hybridized carbons (Fsp3) is 0.550. The first-order valence-corrected chi connectivity index (χ1v) is 9.59. The minimum atomic E-state index is -4.80. The number of alkyl halides is 3. The van der Waals surface area contributed by atoms with Crippen LogP contribution in [0.4, 0.5) is 18.0 Å². The van der Waals surface area contributed by atoms with Crippen molar-refractivity contribution >= 4 is 17.7 Å². The number of nitrogens with one attached hydrogen (secondary N) is 1. The number of ether oxygens (including phenoxy) is 2. The number of rotatable bonds is 9. The Bertz CT molecular complexity index is 732. The molecule has 0 aromatic heterocycles. The van der Waals surface area contributed by atoms with Gasteiger partial charge in [-0.05, 0) is 31.0 Å². The molecule has 1 N–H and O–H groups in total. The number of carbonyl (C=O) groups excluding carboxylic acids is 2. The van der Waals surface area contributed by atoms with Gasteiger partial charge in [0.1, 0.15) is 11.7 Å². The van der Waals surface area contributed by atoms with Crippen LogP contribution in [0, 0.1) is 5.92 Å². The molecular formula is C20H25F3N2O4. The molecule has 1 aliphatic rings. The highest BCUT2D eigenvalue weighted by atomic mass is 19.4. The number of carbonyl (C=O) groups is 2. The van der Waals surface area contributed by atoms with Crippen molar-refractivity contribution in [1.29, 1.82) is 0 Å². The number of halogens is 3. The zero-order valence-electron chi connectivity index (χ0n) is 16.4. The van der Waals surface area contributed by atoms with E-state index in [0.29, 0.717) is 11.3 Å². The molecule has 0 saturated carbocycles. The molecule has 0 aliphatic carbocycles. The molecule has 9 heteroatoms. The van der Waals surface area contributed by atoms with E-state index in [1.54, 1.807) is 6.92 Å². The average Bonchev–Trinajstić information content (AvgIpc) is 2.63. The number of hydrogen-bond acceptors (Lipinski definition) is 4. The number of esters is 1. The number of unbranched alkanes of at least 4 members (excludes halogenated alkanes) is 4. The van der Waals surface area contributed by atoms with Crippen LogP contribution in [-0.4, -0.2) is 30.7 Å². The minimum Gasteiger partial charge on any atom is -0.465 e. The lowest BCUT2D eigenvalue weighted by Gasteiger charge is -2.29. The van der Waals surface area contributed by atoms with Crippen molar-refractivity contribution < 1.29 is 32.2 Å². The Morgan fingerprint density at radius 1 is 1.14 bits per heavy atom. The lowest BCUT2D eigenvalue weighted by molar-refractivity contribution is -0.274. The molecule has 1 aromatic carbocycles. The molecule has 1 heterocycles. The summed E-state index contributed by atoms with van der Waals surface area (Å²) in [6.07, 6.45) is 0.224. The van der Waals surface area contributed by atoms with Gasteiger partial charge in [0, 0.05) is 5.71 Å². The van der Waals surface area contributed by atoms with E-state index in [0.717, 1.165) is 44.2 Å². The smallest absolute Gasteiger partial charge is 0.465 e. The van der Waals surface area contributed by atoms with Gasteiger partial charge in [-0.2, -0.15) is 0 Å². The highest BCUT2D eigenvalue weighted by molar-refractivity contribution is 6.08. The average molecular weight is 414 g/mol. The molecule has 0 saturated heterocycles. The van der Waals surface area contributed by atoms with Crippen LogP contribution in [0.25, 0.3) is 0 Å². The SMILES string of the molecule is CCCCCCCOC(=O)C1C(C)=NC(=O)NC1c1ccc(OC(F)(F)F)cc1. The Balaban J connectivity index is 2.07. The van der Waals surface area contributed by atoms with Gasteiger partial charge in [-0.25, -0.2) is 9.79 Å². The Hall–Kier alpha value is -2.58. The zero-order chi connectivity index (χ0) is 21.4. The molecule has 2 amide bonds. The van der Waals surface area contributed by atoms with E-state index in [1.807, 2.05) is 0 Å².